The van der Waals surface area contributed by atoms with Crippen LogP contribution in [0.15, 0.2) is 42.6 Å². The third-order valence-corrected chi connectivity index (χ3v) is 4.20. The highest BCUT2D eigenvalue weighted by Gasteiger charge is 2.18. The smallest absolute Gasteiger partial charge is 0.274 e. The summed E-state index contributed by atoms with van der Waals surface area (Å²) in [4.78, 5) is 28.9. The fraction of sp³-hybridized carbons (Fsp3) is 0.350. The molecule has 3 rings (SSSR count). The van der Waals surface area contributed by atoms with Crippen LogP contribution in [0.1, 0.15) is 40.6 Å². The number of carbonyl (C=O) groups is 2. The van der Waals surface area contributed by atoms with Gasteiger partial charge in [0.25, 0.3) is 11.8 Å². The van der Waals surface area contributed by atoms with Crippen molar-refractivity contribution in [1.82, 2.24) is 10.3 Å². The van der Waals surface area contributed by atoms with E-state index in [1.54, 1.807) is 24.3 Å². The van der Waals surface area contributed by atoms with Gasteiger partial charge in [-0.2, -0.15) is 0 Å². The predicted molar refractivity (Wildman–Crippen MR) is 101 cm³/mol. The number of amides is 2. The van der Waals surface area contributed by atoms with Gasteiger partial charge in [0.05, 0.1) is 18.4 Å². The zero-order valence-electron chi connectivity index (χ0n) is 15.2. The minimum Gasteiger partial charge on any atom is -0.492 e. The normalized spacial score (nSPS) is 16.0. The Morgan fingerprint density at radius 1 is 1.26 bits per heavy atom. The molecule has 1 aliphatic heterocycles. The zero-order valence-corrected chi connectivity index (χ0v) is 15.2. The maximum absolute atomic E-state index is 12.5. The van der Waals surface area contributed by atoms with Gasteiger partial charge in [0.1, 0.15) is 11.4 Å². The Bertz CT molecular complexity index is 803. The Hall–Kier alpha value is -2.93. The first-order chi connectivity index (χ1) is 13.2. The lowest BCUT2D eigenvalue weighted by Crippen LogP contribution is -2.32. The Kier molecular flexibility index (Phi) is 6.38. The molecule has 2 heterocycles. The molecule has 1 aromatic heterocycles. The molecule has 1 unspecified atom stereocenters. The molecule has 2 N–H and O–H groups in total. The maximum atomic E-state index is 12.5. The van der Waals surface area contributed by atoms with Crippen LogP contribution in [0, 0.1) is 0 Å². The van der Waals surface area contributed by atoms with Crippen molar-refractivity contribution in [3.8, 4) is 5.75 Å². The average molecular weight is 369 g/mol. The number of hydrogen-bond donors (Lipinski definition) is 2. The molecule has 1 fully saturated rings. The van der Waals surface area contributed by atoms with Crippen molar-refractivity contribution in [3.63, 3.8) is 0 Å². The molecular formula is C20H23N3O4. The first-order valence-electron chi connectivity index (χ1n) is 9.06. The van der Waals surface area contributed by atoms with Crippen molar-refractivity contribution in [1.29, 1.82) is 0 Å². The van der Waals surface area contributed by atoms with Crippen LogP contribution in [0.5, 0.6) is 5.75 Å². The topological polar surface area (TPSA) is 89.5 Å². The van der Waals surface area contributed by atoms with Gasteiger partial charge in [0.2, 0.25) is 0 Å². The van der Waals surface area contributed by atoms with Gasteiger partial charge >= 0.3 is 0 Å². The molecule has 2 aromatic rings. The van der Waals surface area contributed by atoms with Gasteiger partial charge in [-0.15, -0.1) is 0 Å². The summed E-state index contributed by atoms with van der Waals surface area (Å²) in [6, 6.07) is 10.2. The summed E-state index contributed by atoms with van der Waals surface area (Å²) in [6.07, 6.45) is 3.48. The molecule has 0 aliphatic carbocycles. The van der Waals surface area contributed by atoms with Crippen LogP contribution in [0.4, 0.5) is 5.69 Å². The number of nitrogens with zero attached hydrogens (tertiary/aromatic N) is 1. The molecule has 0 radical (unpaired) electrons. The fourth-order valence-corrected chi connectivity index (χ4v) is 2.85. The summed E-state index contributed by atoms with van der Waals surface area (Å²) in [5.74, 6) is -0.0774. The molecule has 27 heavy (non-hydrogen) atoms. The first-order valence-corrected chi connectivity index (χ1v) is 9.06. The van der Waals surface area contributed by atoms with Gasteiger partial charge < -0.3 is 20.1 Å². The van der Waals surface area contributed by atoms with Crippen LogP contribution in [0.25, 0.3) is 0 Å². The van der Waals surface area contributed by atoms with Crippen molar-refractivity contribution >= 4 is 17.5 Å². The quantitative estimate of drug-likeness (QED) is 0.783. The lowest BCUT2D eigenvalue weighted by atomic mass is 10.2. The van der Waals surface area contributed by atoms with E-state index >= 15 is 0 Å². The van der Waals surface area contributed by atoms with Crippen LogP contribution in [0.2, 0.25) is 0 Å². The molecule has 1 aliphatic rings. The second-order valence-corrected chi connectivity index (χ2v) is 6.16. The van der Waals surface area contributed by atoms with Crippen molar-refractivity contribution < 1.29 is 19.1 Å². The molecule has 7 nitrogen and oxygen atoms in total. The third kappa shape index (κ3) is 5.04. The largest absolute Gasteiger partial charge is 0.492 e. The molecule has 0 saturated carbocycles. The second-order valence-electron chi connectivity index (χ2n) is 6.16. The summed E-state index contributed by atoms with van der Waals surface area (Å²) in [5, 5.41) is 5.62. The van der Waals surface area contributed by atoms with E-state index in [0.717, 1.165) is 19.4 Å². The summed E-state index contributed by atoms with van der Waals surface area (Å²) in [7, 11) is 0. The number of carbonyl (C=O) groups excluding carboxylic acids is 2. The summed E-state index contributed by atoms with van der Waals surface area (Å²) in [5.41, 5.74) is 1.09. The molecule has 1 atom stereocenters. The van der Waals surface area contributed by atoms with E-state index in [4.69, 9.17) is 9.47 Å². The number of nitrogens with one attached hydrogen (secondary N) is 2. The van der Waals surface area contributed by atoms with Gasteiger partial charge in [0, 0.05) is 24.9 Å². The SMILES string of the molecule is CCOc1ccccc1NC(=O)c1cc(C(=O)NCC2CCCO2)ccn1. The van der Waals surface area contributed by atoms with Gasteiger partial charge in [-0.3, -0.25) is 14.6 Å². The predicted octanol–water partition coefficient (Wildman–Crippen LogP) is 2.64. The van der Waals surface area contributed by atoms with Crippen molar-refractivity contribution in [2.24, 2.45) is 0 Å². The van der Waals surface area contributed by atoms with Crippen LogP contribution >= 0.6 is 0 Å². The van der Waals surface area contributed by atoms with Gasteiger partial charge in [-0.05, 0) is 44.0 Å². The standard InChI is InChI=1S/C20H23N3O4/c1-2-26-18-8-4-3-7-16(18)23-20(25)17-12-14(9-10-21-17)19(24)22-13-15-6-5-11-27-15/h3-4,7-10,12,15H,2,5-6,11,13H2,1H3,(H,22,24)(H,23,25). The number of pyridine rings is 1. The average Bonchev–Trinajstić information content (AvgIpc) is 3.21. The van der Waals surface area contributed by atoms with Crippen molar-refractivity contribution in [2.75, 3.05) is 25.1 Å². The molecule has 1 aromatic carbocycles. The second kappa shape index (κ2) is 9.14. The summed E-state index contributed by atoms with van der Waals surface area (Å²) >= 11 is 0. The van der Waals surface area contributed by atoms with Crippen LogP contribution in [-0.2, 0) is 4.74 Å². The molecule has 2 amide bonds. The van der Waals surface area contributed by atoms with E-state index < -0.39 is 5.91 Å². The number of rotatable bonds is 7. The molecule has 142 valence electrons. The summed E-state index contributed by atoms with van der Waals surface area (Å²) < 4.78 is 11.0. The number of aromatic nitrogens is 1. The van der Waals surface area contributed by atoms with E-state index in [1.165, 1.54) is 12.3 Å². The minimum absolute atomic E-state index is 0.0635. The Balaban J connectivity index is 1.65. The monoisotopic (exact) mass is 369 g/mol. The van der Waals surface area contributed by atoms with E-state index in [1.807, 2.05) is 13.0 Å². The van der Waals surface area contributed by atoms with Gasteiger partial charge in [-0.25, -0.2) is 0 Å². The lowest BCUT2D eigenvalue weighted by Gasteiger charge is -2.12. The molecule has 0 spiro atoms. The van der Waals surface area contributed by atoms with Crippen molar-refractivity contribution in [3.05, 3.63) is 53.9 Å². The number of ether oxygens (including phenoxy) is 2. The van der Waals surface area contributed by atoms with E-state index in [0.29, 0.717) is 30.2 Å². The lowest BCUT2D eigenvalue weighted by molar-refractivity contribution is 0.0857. The zero-order chi connectivity index (χ0) is 19.1. The van der Waals surface area contributed by atoms with Crippen molar-refractivity contribution in [2.45, 2.75) is 25.9 Å². The number of benzene rings is 1. The highest BCUT2D eigenvalue weighted by Crippen LogP contribution is 2.24. The van der Waals surface area contributed by atoms with Gasteiger partial charge in [0.15, 0.2) is 0 Å². The van der Waals surface area contributed by atoms with E-state index in [9.17, 15) is 9.59 Å². The Morgan fingerprint density at radius 2 is 2.11 bits per heavy atom. The minimum atomic E-state index is -0.407. The fourth-order valence-electron chi connectivity index (χ4n) is 2.85. The highest BCUT2D eigenvalue weighted by atomic mass is 16.5. The number of hydrogen-bond acceptors (Lipinski definition) is 5. The van der Waals surface area contributed by atoms with Crippen LogP contribution < -0.4 is 15.4 Å². The first kappa shape index (κ1) is 18.8. The molecule has 1 saturated heterocycles. The molecule has 0 bridgehead atoms. The Labute approximate surface area is 158 Å². The highest BCUT2D eigenvalue weighted by molar-refractivity contribution is 6.05. The Morgan fingerprint density at radius 3 is 2.89 bits per heavy atom. The summed E-state index contributed by atoms with van der Waals surface area (Å²) in [6.45, 7) is 3.57. The van der Waals surface area contributed by atoms with Gasteiger partial charge in [-0.1, -0.05) is 12.1 Å². The van der Waals surface area contributed by atoms with Crippen LogP contribution in [-0.4, -0.2) is 42.7 Å². The molecular weight excluding hydrogens is 346 g/mol. The number of para-hydroxylation sites is 2. The van der Waals surface area contributed by atoms with E-state index in [2.05, 4.69) is 15.6 Å². The maximum Gasteiger partial charge on any atom is 0.274 e. The van der Waals surface area contributed by atoms with Crippen LogP contribution in [0.3, 0.4) is 0 Å². The third-order valence-electron chi connectivity index (χ3n) is 4.20. The number of anilines is 1. The molecule has 7 heteroatoms. The van der Waals surface area contributed by atoms with E-state index in [-0.39, 0.29) is 17.7 Å².